The van der Waals surface area contributed by atoms with Crippen LogP contribution in [0.3, 0.4) is 0 Å². The van der Waals surface area contributed by atoms with E-state index in [4.69, 9.17) is 4.74 Å². The first-order chi connectivity index (χ1) is 9.31. The highest BCUT2D eigenvalue weighted by atomic mass is 16.6. The van der Waals surface area contributed by atoms with E-state index in [1.807, 2.05) is 33.1 Å². The molecule has 0 unspecified atom stereocenters. The lowest BCUT2D eigenvalue weighted by atomic mass is 9.87. The first kappa shape index (κ1) is 16.7. The van der Waals surface area contributed by atoms with Gasteiger partial charge >= 0.3 is 6.09 Å². The molecule has 1 saturated carbocycles. The molecule has 0 saturated heterocycles. The third-order valence-electron chi connectivity index (χ3n) is 3.70. The summed E-state index contributed by atoms with van der Waals surface area (Å²) < 4.78 is 5.43. The first-order valence-electron chi connectivity index (χ1n) is 7.23. The second-order valence-electron chi connectivity index (χ2n) is 6.63. The number of hydrogen-bond donors (Lipinski definition) is 0. The van der Waals surface area contributed by atoms with Gasteiger partial charge in [0.1, 0.15) is 12.1 Å². The van der Waals surface area contributed by atoms with E-state index in [2.05, 4.69) is 6.58 Å². The van der Waals surface area contributed by atoms with Gasteiger partial charge < -0.3 is 9.64 Å². The van der Waals surface area contributed by atoms with Crippen molar-refractivity contribution >= 4 is 12.4 Å². The molecule has 113 valence electrons. The van der Waals surface area contributed by atoms with Gasteiger partial charge in [0.2, 0.25) is 6.29 Å². The summed E-state index contributed by atoms with van der Waals surface area (Å²) in [5, 5.41) is 0. The van der Waals surface area contributed by atoms with Crippen molar-refractivity contribution in [3.8, 4) is 0 Å². The number of rotatable bonds is 7. The molecule has 0 spiro atoms. The van der Waals surface area contributed by atoms with Crippen LogP contribution < -0.4 is 0 Å². The van der Waals surface area contributed by atoms with E-state index in [1.54, 1.807) is 7.05 Å². The minimum Gasteiger partial charge on any atom is -0.446 e. The van der Waals surface area contributed by atoms with Gasteiger partial charge in [-0.1, -0.05) is 26.8 Å². The SMILES string of the molecule is C=CCCC[C@@H]1C[C@H]1OC(=O)N(C)[C@H]([C]=O)C(C)(C)C. The molecule has 0 aromatic rings. The number of carbonyl (C=O) groups excluding carboxylic acids is 2. The quantitative estimate of drug-likeness (QED) is 0.531. The number of likely N-dealkylation sites (N-methyl/N-ethyl adjacent to an activating group) is 1. The average molecular weight is 280 g/mol. The predicted octanol–water partition coefficient (Wildman–Crippen LogP) is 3.32. The standard InChI is InChI=1S/C16H26NO3/c1-6-7-8-9-12-10-13(12)20-15(19)17(5)14(11-18)16(2,3)4/h6,12-14H,1,7-10H2,2-5H3/t12-,13-,14-/m1/s1. The van der Waals surface area contributed by atoms with Gasteiger partial charge in [-0.05, 0) is 37.0 Å². The van der Waals surface area contributed by atoms with E-state index in [1.165, 1.54) is 4.90 Å². The van der Waals surface area contributed by atoms with Crippen LogP contribution in [0, 0.1) is 11.3 Å². The number of unbranched alkanes of at least 4 members (excludes halogenated alkanes) is 1. The lowest BCUT2D eigenvalue weighted by Gasteiger charge is -2.32. The number of allylic oxidation sites excluding steroid dienone is 1. The maximum atomic E-state index is 12.0. The molecule has 0 aromatic heterocycles. The lowest BCUT2D eigenvalue weighted by Crippen LogP contribution is -2.46. The molecule has 1 radical (unpaired) electrons. The molecular weight excluding hydrogens is 254 g/mol. The van der Waals surface area contributed by atoms with Crippen LogP contribution in [0.15, 0.2) is 12.7 Å². The van der Waals surface area contributed by atoms with Crippen molar-refractivity contribution in [1.29, 1.82) is 0 Å². The Morgan fingerprint density at radius 3 is 2.70 bits per heavy atom. The van der Waals surface area contributed by atoms with Crippen LogP contribution in [0.4, 0.5) is 4.79 Å². The molecule has 3 atom stereocenters. The molecular formula is C16H26NO3. The minimum absolute atomic E-state index is 0.0158. The Hall–Kier alpha value is -1.32. The highest BCUT2D eigenvalue weighted by Crippen LogP contribution is 2.38. The lowest BCUT2D eigenvalue weighted by molar-refractivity contribution is 0.0771. The Morgan fingerprint density at radius 2 is 2.20 bits per heavy atom. The number of carbonyl (C=O) groups is 1. The van der Waals surface area contributed by atoms with Crippen LogP contribution in [-0.4, -0.2) is 36.5 Å². The Balaban J connectivity index is 2.40. The highest BCUT2D eigenvalue weighted by Gasteiger charge is 2.42. The fourth-order valence-electron chi connectivity index (χ4n) is 2.35. The fraction of sp³-hybridized carbons (Fsp3) is 0.750. The van der Waals surface area contributed by atoms with Gasteiger partial charge in [0.05, 0.1) is 0 Å². The summed E-state index contributed by atoms with van der Waals surface area (Å²) >= 11 is 0. The van der Waals surface area contributed by atoms with Crippen LogP contribution in [0.5, 0.6) is 0 Å². The zero-order chi connectivity index (χ0) is 15.3. The Kier molecular flexibility index (Phi) is 5.78. The third kappa shape index (κ3) is 4.66. The Labute approximate surface area is 122 Å². The van der Waals surface area contributed by atoms with Crippen LogP contribution in [0.2, 0.25) is 0 Å². The predicted molar refractivity (Wildman–Crippen MR) is 79.1 cm³/mol. The summed E-state index contributed by atoms with van der Waals surface area (Å²) in [6.45, 7) is 9.40. The monoisotopic (exact) mass is 280 g/mol. The summed E-state index contributed by atoms with van der Waals surface area (Å²) in [5.74, 6) is 0.473. The van der Waals surface area contributed by atoms with Crippen molar-refractivity contribution in [3.63, 3.8) is 0 Å². The van der Waals surface area contributed by atoms with E-state index in [9.17, 15) is 9.59 Å². The maximum absolute atomic E-state index is 12.0. The summed E-state index contributed by atoms with van der Waals surface area (Å²) in [4.78, 5) is 24.4. The minimum atomic E-state index is -0.590. The topological polar surface area (TPSA) is 46.6 Å². The Morgan fingerprint density at radius 1 is 1.55 bits per heavy atom. The second kappa shape index (κ2) is 6.91. The summed E-state index contributed by atoms with van der Waals surface area (Å²) in [6.07, 6.45) is 7.52. The molecule has 1 aliphatic carbocycles. The largest absolute Gasteiger partial charge is 0.446 e. The van der Waals surface area contributed by atoms with Gasteiger partial charge in [-0.25, -0.2) is 4.79 Å². The molecule has 0 aromatic carbocycles. The van der Waals surface area contributed by atoms with Gasteiger partial charge in [-0.2, -0.15) is 0 Å². The molecule has 0 bridgehead atoms. The van der Waals surface area contributed by atoms with Gasteiger partial charge in [0, 0.05) is 7.05 Å². The van der Waals surface area contributed by atoms with E-state index < -0.39 is 12.1 Å². The second-order valence-corrected chi connectivity index (χ2v) is 6.63. The van der Waals surface area contributed by atoms with Crippen molar-refractivity contribution in [2.75, 3.05) is 7.05 Å². The number of hydrogen-bond acceptors (Lipinski definition) is 3. The van der Waals surface area contributed by atoms with Crippen molar-refractivity contribution in [2.45, 2.75) is 58.6 Å². The van der Waals surface area contributed by atoms with E-state index in [-0.39, 0.29) is 11.5 Å². The summed E-state index contributed by atoms with van der Waals surface area (Å²) in [7, 11) is 1.60. The van der Waals surface area contributed by atoms with Crippen molar-refractivity contribution in [3.05, 3.63) is 12.7 Å². The van der Waals surface area contributed by atoms with Gasteiger partial charge in [0.15, 0.2) is 0 Å². The molecule has 4 heteroatoms. The fourth-order valence-corrected chi connectivity index (χ4v) is 2.35. The zero-order valence-corrected chi connectivity index (χ0v) is 13.0. The average Bonchev–Trinajstić information content (AvgIpc) is 3.06. The van der Waals surface area contributed by atoms with Gasteiger partial charge in [-0.3, -0.25) is 4.79 Å². The zero-order valence-electron chi connectivity index (χ0n) is 13.0. The van der Waals surface area contributed by atoms with E-state index in [0.717, 1.165) is 25.7 Å². The smallest absolute Gasteiger partial charge is 0.410 e. The molecule has 0 heterocycles. The van der Waals surface area contributed by atoms with Crippen LogP contribution in [-0.2, 0) is 9.53 Å². The molecule has 1 amide bonds. The maximum Gasteiger partial charge on any atom is 0.410 e. The van der Waals surface area contributed by atoms with Crippen molar-refractivity contribution in [2.24, 2.45) is 11.3 Å². The molecule has 0 aliphatic heterocycles. The highest BCUT2D eigenvalue weighted by molar-refractivity contribution is 5.74. The van der Waals surface area contributed by atoms with Gasteiger partial charge in [-0.15, -0.1) is 6.58 Å². The van der Waals surface area contributed by atoms with Crippen LogP contribution >= 0.6 is 0 Å². The molecule has 20 heavy (non-hydrogen) atoms. The number of ether oxygens (including phenoxy) is 1. The molecule has 1 fully saturated rings. The molecule has 0 N–H and O–H groups in total. The van der Waals surface area contributed by atoms with E-state index >= 15 is 0 Å². The molecule has 1 rings (SSSR count). The summed E-state index contributed by atoms with van der Waals surface area (Å²) in [5.41, 5.74) is -0.345. The molecule has 4 nitrogen and oxygen atoms in total. The van der Waals surface area contributed by atoms with Crippen molar-refractivity contribution in [1.82, 2.24) is 4.90 Å². The van der Waals surface area contributed by atoms with Crippen molar-refractivity contribution < 1.29 is 14.3 Å². The molecule has 1 aliphatic rings. The normalized spacial score (nSPS) is 22.8. The van der Waals surface area contributed by atoms with Gasteiger partial charge in [0.25, 0.3) is 0 Å². The van der Waals surface area contributed by atoms with E-state index in [0.29, 0.717) is 5.92 Å². The number of nitrogens with zero attached hydrogens (tertiary/aromatic N) is 1. The van der Waals surface area contributed by atoms with Crippen LogP contribution in [0.1, 0.15) is 46.5 Å². The first-order valence-corrected chi connectivity index (χ1v) is 7.23. The third-order valence-corrected chi connectivity index (χ3v) is 3.70. The Bertz CT molecular complexity index is 359. The van der Waals surface area contributed by atoms with Crippen LogP contribution in [0.25, 0.3) is 0 Å². The summed E-state index contributed by atoms with van der Waals surface area (Å²) in [6, 6.07) is -0.590. The number of amides is 1.